The minimum atomic E-state index is -3.41. The van der Waals surface area contributed by atoms with E-state index in [1.54, 1.807) is 12.1 Å². The van der Waals surface area contributed by atoms with Crippen LogP contribution in [0.1, 0.15) is 10.4 Å². The van der Waals surface area contributed by atoms with Gasteiger partial charge in [0.05, 0.1) is 15.5 Å². The molecule has 0 saturated heterocycles. The van der Waals surface area contributed by atoms with Crippen molar-refractivity contribution in [1.82, 2.24) is 0 Å². The van der Waals surface area contributed by atoms with E-state index in [0.717, 1.165) is 11.9 Å². The number of carbonyl (C=O) groups is 1. The Bertz CT molecular complexity index is 831. The van der Waals surface area contributed by atoms with Gasteiger partial charge in [0.1, 0.15) is 0 Å². The number of anilines is 2. The lowest BCUT2D eigenvalue weighted by molar-refractivity contribution is 0.102. The zero-order valence-corrected chi connectivity index (χ0v) is 14.6. The molecule has 0 unspecified atom stereocenters. The number of nitrogens with one attached hydrogen (secondary N) is 1. The van der Waals surface area contributed by atoms with E-state index >= 15 is 0 Å². The third-order valence-electron chi connectivity index (χ3n) is 3.25. The Morgan fingerprint density at radius 3 is 2.22 bits per heavy atom. The van der Waals surface area contributed by atoms with Crippen LogP contribution in [0.4, 0.5) is 11.4 Å². The Hall–Kier alpha value is -2.05. The molecule has 2 aromatic carbocycles. The Balaban J connectivity index is 2.27. The van der Waals surface area contributed by atoms with Crippen molar-refractivity contribution in [3.05, 3.63) is 53.1 Å². The van der Waals surface area contributed by atoms with Gasteiger partial charge in [-0.25, -0.2) is 8.42 Å². The average Bonchev–Trinajstić information content (AvgIpc) is 2.46. The second-order valence-electron chi connectivity index (χ2n) is 5.31. The van der Waals surface area contributed by atoms with Crippen molar-refractivity contribution in [2.24, 2.45) is 0 Å². The molecule has 0 aliphatic carbocycles. The summed E-state index contributed by atoms with van der Waals surface area (Å²) in [6, 6.07) is 11.3. The Morgan fingerprint density at radius 1 is 1.09 bits per heavy atom. The van der Waals surface area contributed by atoms with Crippen LogP contribution >= 0.6 is 11.6 Å². The first-order valence-electron chi connectivity index (χ1n) is 6.77. The molecule has 0 fully saturated rings. The molecule has 2 aromatic rings. The van der Waals surface area contributed by atoms with Crippen LogP contribution in [0.15, 0.2) is 47.4 Å². The summed E-state index contributed by atoms with van der Waals surface area (Å²) >= 11 is 6.01. The number of nitrogens with zero attached hydrogens (tertiary/aromatic N) is 1. The summed E-state index contributed by atoms with van der Waals surface area (Å²) in [7, 11) is 0.434. The standard InChI is InChI=1S/C16H17ClN2O3S/c1-19(2)12-6-4-11(5-7-12)18-16(20)14-10-13(23(3,21)22)8-9-15(14)17/h4-10H,1-3H3,(H,18,20). The van der Waals surface area contributed by atoms with E-state index in [4.69, 9.17) is 11.6 Å². The second-order valence-corrected chi connectivity index (χ2v) is 7.73. The number of benzene rings is 2. The summed E-state index contributed by atoms with van der Waals surface area (Å²) < 4.78 is 23.2. The minimum Gasteiger partial charge on any atom is -0.378 e. The van der Waals surface area contributed by atoms with Crippen molar-refractivity contribution < 1.29 is 13.2 Å². The highest BCUT2D eigenvalue weighted by Gasteiger charge is 2.15. The maximum Gasteiger partial charge on any atom is 0.257 e. The number of carbonyl (C=O) groups excluding carboxylic acids is 1. The third kappa shape index (κ3) is 4.24. The van der Waals surface area contributed by atoms with E-state index in [0.29, 0.717) is 5.69 Å². The first kappa shape index (κ1) is 17.3. The van der Waals surface area contributed by atoms with Gasteiger partial charge in [-0.05, 0) is 42.5 Å². The van der Waals surface area contributed by atoms with Crippen LogP contribution in [0.2, 0.25) is 5.02 Å². The normalized spacial score (nSPS) is 11.1. The fraction of sp³-hybridized carbons (Fsp3) is 0.188. The number of hydrogen-bond acceptors (Lipinski definition) is 4. The molecule has 0 spiro atoms. The Labute approximate surface area is 140 Å². The predicted molar refractivity (Wildman–Crippen MR) is 93.3 cm³/mol. The predicted octanol–water partition coefficient (Wildman–Crippen LogP) is 3.06. The van der Waals surface area contributed by atoms with Crippen LogP contribution in [0, 0.1) is 0 Å². The molecule has 2 rings (SSSR count). The number of halogens is 1. The van der Waals surface area contributed by atoms with Gasteiger partial charge in [-0.3, -0.25) is 4.79 Å². The first-order chi connectivity index (χ1) is 10.7. The average molecular weight is 353 g/mol. The molecule has 0 aliphatic rings. The summed E-state index contributed by atoms with van der Waals surface area (Å²) in [5, 5.41) is 2.90. The molecule has 0 heterocycles. The largest absolute Gasteiger partial charge is 0.378 e. The van der Waals surface area contributed by atoms with Crippen molar-refractivity contribution in [1.29, 1.82) is 0 Å². The molecule has 0 saturated carbocycles. The van der Waals surface area contributed by atoms with Gasteiger partial charge in [-0.2, -0.15) is 0 Å². The Morgan fingerprint density at radius 2 is 1.70 bits per heavy atom. The Kier molecular flexibility index (Phi) is 4.97. The van der Waals surface area contributed by atoms with E-state index in [1.807, 2.05) is 31.1 Å². The number of sulfone groups is 1. The van der Waals surface area contributed by atoms with Gasteiger partial charge in [-0.15, -0.1) is 0 Å². The van der Waals surface area contributed by atoms with E-state index in [1.165, 1.54) is 18.2 Å². The van der Waals surface area contributed by atoms with Crippen LogP contribution in [0.3, 0.4) is 0 Å². The highest BCUT2D eigenvalue weighted by molar-refractivity contribution is 7.90. The smallest absolute Gasteiger partial charge is 0.257 e. The summed E-state index contributed by atoms with van der Waals surface area (Å²) in [5.41, 5.74) is 1.72. The number of amides is 1. The van der Waals surface area contributed by atoms with Gasteiger partial charge in [0.25, 0.3) is 5.91 Å². The minimum absolute atomic E-state index is 0.0509. The number of hydrogen-bond donors (Lipinski definition) is 1. The molecule has 0 atom stereocenters. The van der Waals surface area contributed by atoms with Gasteiger partial charge < -0.3 is 10.2 Å². The van der Waals surface area contributed by atoms with Gasteiger partial charge in [0, 0.05) is 31.7 Å². The van der Waals surface area contributed by atoms with Crippen molar-refractivity contribution in [2.75, 3.05) is 30.6 Å². The highest BCUT2D eigenvalue weighted by atomic mass is 35.5. The van der Waals surface area contributed by atoms with Crippen LogP contribution in [0.5, 0.6) is 0 Å². The second kappa shape index (κ2) is 6.60. The van der Waals surface area contributed by atoms with Crippen molar-refractivity contribution in [3.8, 4) is 0 Å². The molecule has 0 aromatic heterocycles. The lowest BCUT2D eigenvalue weighted by atomic mass is 10.2. The summed E-state index contributed by atoms with van der Waals surface area (Å²) in [4.78, 5) is 14.3. The van der Waals surface area contributed by atoms with E-state index in [2.05, 4.69) is 5.32 Å². The lowest BCUT2D eigenvalue weighted by Crippen LogP contribution is -2.14. The summed E-state index contributed by atoms with van der Waals surface area (Å²) in [5.74, 6) is -0.460. The SMILES string of the molecule is CN(C)c1ccc(NC(=O)c2cc(S(C)(=O)=O)ccc2Cl)cc1. The van der Waals surface area contributed by atoms with Gasteiger partial charge in [-0.1, -0.05) is 11.6 Å². The summed E-state index contributed by atoms with van der Waals surface area (Å²) in [6.07, 6.45) is 1.08. The van der Waals surface area contributed by atoms with Crippen molar-refractivity contribution >= 4 is 38.7 Å². The zero-order chi connectivity index (χ0) is 17.2. The number of rotatable bonds is 4. The molecule has 0 aliphatic heterocycles. The molecule has 0 radical (unpaired) electrons. The third-order valence-corrected chi connectivity index (χ3v) is 4.69. The molecular formula is C16H17ClN2O3S. The molecular weight excluding hydrogens is 336 g/mol. The van der Waals surface area contributed by atoms with E-state index in [-0.39, 0.29) is 15.5 Å². The highest BCUT2D eigenvalue weighted by Crippen LogP contribution is 2.22. The fourth-order valence-corrected chi connectivity index (χ4v) is 2.80. The van der Waals surface area contributed by atoms with Crippen molar-refractivity contribution in [3.63, 3.8) is 0 Å². The monoisotopic (exact) mass is 352 g/mol. The molecule has 0 bridgehead atoms. The van der Waals surface area contributed by atoms with Crippen LogP contribution in [-0.2, 0) is 9.84 Å². The maximum absolute atomic E-state index is 12.3. The van der Waals surface area contributed by atoms with Gasteiger partial charge >= 0.3 is 0 Å². The topological polar surface area (TPSA) is 66.5 Å². The molecule has 1 N–H and O–H groups in total. The lowest BCUT2D eigenvalue weighted by Gasteiger charge is -2.13. The fourth-order valence-electron chi connectivity index (χ4n) is 1.95. The molecule has 7 heteroatoms. The molecule has 23 heavy (non-hydrogen) atoms. The zero-order valence-electron chi connectivity index (χ0n) is 13.0. The van der Waals surface area contributed by atoms with E-state index < -0.39 is 15.7 Å². The molecule has 1 amide bonds. The quantitative estimate of drug-likeness (QED) is 0.918. The first-order valence-corrected chi connectivity index (χ1v) is 9.04. The van der Waals surface area contributed by atoms with E-state index in [9.17, 15) is 13.2 Å². The van der Waals surface area contributed by atoms with Crippen molar-refractivity contribution in [2.45, 2.75) is 4.90 Å². The van der Waals surface area contributed by atoms with Crippen LogP contribution < -0.4 is 10.2 Å². The summed E-state index contributed by atoms with van der Waals surface area (Å²) in [6.45, 7) is 0. The van der Waals surface area contributed by atoms with Gasteiger partial charge in [0.2, 0.25) is 0 Å². The molecule has 5 nitrogen and oxygen atoms in total. The van der Waals surface area contributed by atoms with Crippen LogP contribution in [-0.4, -0.2) is 34.7 Å². The van der Waals surface area contributed by atoms with Crippen LogP contribution in [0.25, 0.3) is 0 Å². The maximum atomic E-state index is 12.3. The molecule has 122 valence electrons. The van der Waals surface area contributed by atoms with Gasteiger partial charge in [0.15, 0.2) is 9.84 Å².